The lowest BCUT2D eigenvalue weighted by Gasteiger charge is -2.09. The standard InChI is InChI=1S/C22H18N4O4/c27-18(24-15-5-3-4-13(10-15)21(28)25-14-8-9-14)11-26-12-23-19-16-6-1-2-7-17(16)30-20(19)22(26)29/h1-7,10,12,14H,8-9,11H2,(H,24,27)(H,25,28). The van der Waals surface area contributed by atoms with Crippen molar-refractivity contribution in [3.63, 3.8) is 0 Å². The number of aromatic nitrogens is 2. The number of nitrogens with zero attached hydrogens (tertiary/aromatic N) is 2. The molecule has 30 heavy (non-hydrogen) atoms. The van der Waals surface area contributed by atoms with Crippen LogP contribution in [0.5, 0.6) is 0 Å². The number of rotatable bonds is 5. The first-order valence-electron chi connectivity index (χ1n) is 9.66. The molecule has 8 nitrogen and oxygen atoms in total. The number of carbonyl (C=O) groups excluding carboxylic acids is 2. The van der Waals surface area contributed by atoms with Crippen molar-refractivity contribution in [3.8, 4) is 0 Å². The second-order valence-corrected chi connectivity index (χ2v) is 7.33. The largest absolute Gasteiger partial charge is 0.448 e. The van der Waals surface area contributed by atoms with Crippen LogP contribution >= 0.6 is 0 Å². The predicted octanol–water partition coefficient (Wildman–Crippen LogP) is 2.67. The number of furan rings is 1. The lowest BCUT2D eigenvalue weighted by Crippen LogP contribution is -2.28. The van der Waals surface area contributed by atoms with Crippen molar-refractivity contribution < 1.29 is 14.0 Å². The fourth-order valence-corrected chi connectivity index (χ4v) is 3.32. The van der Waals surface area contributed by atoms with Crippen LogP contribution in [0.15, 0.2) is 64.1 Å². The van der Waals surface area contributed by atoms with Gasteiger partial charge in [0.25, 0.3) is 11.5 Å². The lowest BCUT2D eigenvalue weighted by molar-refractivity contribution is -0.116. The maximum atomic E-state index is 12.7. The third kappa shape index (κ3) is 3.43. The van der Waals surface area contributed by atoms with E-state index in [-0.39, 0.29) is 24.1 Å². The van der Waals surface area contributed by atoms with Crippen molar-refractivity contribution in [3.05, 3.63) is 70.8 Å². The van der Waals surface area contributed by atoms with Crippen molar-refractivity contribution >= 4 is 39.6 Å². The number of amides is 2. The number of fused-ring (bicyclic) bond motifs is 3. The molecule has 1 aliphatic rings. The number of carbonyl (C=O) groups is 2. The summed E-state index contributed by atoms with van der Waals surface area (Å²) in [4.78, 5) is 41.7. The zero-order valence-electron chi connectivity index (χ0n) is 15.9. The molecule has 0 spiro atoms. The van der Waals surface area contributed by atoms with Gasteiger partial charge in [0.2, 0.25) is 11.5 Å². The Bertz CT molecular complexity index is 1350. The highest BCUT2D eigenvalue weighted by Gasteiger charge is 2.24. The topological polar surface area (TPSA) is 106 Å². The molecular formula is C22H18N4O4. The number of nitrogens with one attached hydrogen (secondary N) is 2. The van der Waals surface area contributed by atoms with E-state index in [0.29, 0.717) is 22.4 Å². The molecule has 1 aliphatic carbocycles. The molecule has 1 fully saturated rings. The van der Waals surface area contributed by atoms with E-state index in [2.05, 4.69) is 15.6 Å². The van der Waals surface area contributed by atoms with Gasteiger partial charge >= 0.3 is 0 Å². The van der Waals surface area contributed by atoms with Crippen LogP contribution in [0.2, 0.25) is 0 Å². The molecule has 2 heterocycles. The Labute approximate surface area is 170 Å². The van der Waals surface area contributed by atoms with Gasteiger partial charge in [-0.25, -0.2) is 4.98 Å². The molecule has 1 saturated carbocycles. The zero-order chi connectivity index (χ0) is 20.7. The quantitative estimate of drug-likeness (QED) is 0.534. The molecule has 0 unspecified atom stereocenters. The molecule has 2 N–H and O–H groups in total. The third-order valence-electron chi connectivity index (χ3n) is 4.99. The van der Waals surface area contributed by atoms with Gasteiger partial charge in [-0.15, -0.1) is 0 Å². The average molecular weight is 402 g/mol. The minimum absolute atomic E-state index is 0.116. The minimum atomic E-state index is -0.427. The summed E-state index contributed by atoms with van der Waals surface area (Å²) < 4.78 is 6.83. The Morgan fingerprint density at radius 2 is 1.97 bits per heavy atom. The van der Waals surface area contributed by atoms with Crippen molar-refractivity contribution in [2.24, 2.45) is 0 Å². The Morgan fingerprint density at radius 3 is 2.80 bits per heavy atom. The smallest absolute Gasteiger partial charge is 0.297 e. The van der Waals surface area contributed by atoms with Gasteiger partial charge < -0.3 is 15.1 Å². The van der Waals surface area contributed by atoms with Gasteiger partial charge in [-0.3, -0.25) is 19.0 Å². The summed E-state index contributed by atoms with van der Waals surface area (Å²) in [5.41, 5.74) is 1.69. The van der Waals surface area contributed by atoms with Crippen LogP contribution < -0.4 is 16.2 Å². The molecule has 0 saturated heterocycles. The second kappa shape index (κ2) is 7.14. The highest BCUT2D eigenvalue weighted by molar-refractivity contribution is 6.02. The fraction of sp³-hybridized carbons (Fsp3) is 0.182. The van der Waals surface area contributed by atoms with Crippen LogP contribution in [0.4, 0.5) is 5.69 Å². The van der Waals surface area contributed by atoms with E-state index in [1.54, 1.807) is 30.3 Å². The number of benzene rings is 2. The first-order valence-corrected chi connectivity index (χ1v) is 9.66. The van der Waals surface area contributed by atoms with Gasteiger partial charge in [-0.2, -0.15) is 0 Å². The average Bonchev–Trinajstić information content (AvgIpc) is 3.47. The lowest BCUT2D eigenvalue weighted by atomic mass is 10.2. The fourth-order valence-electron chi connectivity index (χ4n) is 3.32. The van der Waals surface area contributed by atoms with E-state index in [1.807, 2.05) is 18.2 Å². The van der Waals surface area contributed by atoms with Crippen LogP contribution in [0.25, 0.3) is 22.1 Å². The zero-order valence-corrected chi connectivity index (χ0v) is 15.9. The van der Waals surface area contributed by atoms with Gasteiger partial charge in [0, 0.05) is 22.7 Å². The van der Waals surface area contributed by atoms with Crippen LogP contribution in [0.3, 0.4) is 0 Å². The van der Waals surface area contributed by atoms with Crippen LogP contribution in [0, 0.1) is 0 Å². The molecule has 150 valence electrons. The summed E-state index contributed by atoms with van der Waals surface area (Å²) in [7, 11) is 0. The molecule has 0 radical (unpaired) electrons. The summed E-state index contributed by atoms with van der Waals surface area (Å²) in [6.07, 6.45) is 3.34. The monoisotopic (exact) mass is 402 g/mol. The molecule has 2 aromatic carbocycles. The van der Waals surface area contributed by atoms with Gasteiger partial charge in [-0.05, 0) is 43.2 Å². The van der Waals surface area contributed by atoms with E-state index in [9.17, 15) is 14.4 Å². The Balaban J connectivity index is 1.35. The molecule has 0 aliphatic heterocycles. The Kier molecular flexibility index (Phi) is 4.31. The summed E-state index contributed by atoms with van der Waals surface area (Å²) in [6.45, 7) is -0.225. The summed E-state index contributed by atoms with van der Waals surface area (Å²) in [6, 6.07) is 14.2. The second-order valence-electron chi connectivity index (χ2n) is 7.33. The summed E-state index contributed by atoms with van der Waals surface area (Å²) in [5.74, 6) is -0.571. The van der Waals surface area contributed by atoms with E-state index in [0.717, 1.165) is 18.2 Å². The van der Waals surface area contributed by atoms with Crippen LogP contribution in [0.1, 0.15) is 23.2 Å². The molecule has 4 aromatic rings. The Hall–Kier alpha value is -3.94. The SMILES string of the molecule is O=C(Cn1cnc2c(oc3ccccc32)c1=O)Nc1cccc(C(=O)NC2CC2)c1. The highest BCUT2D eigenvalue weighted by Crippen LogP contribution is 2.24. The molecule has 2 amide bonds. The Morgan fingerprint density at radius 1 is 1.13 bits per heavy atom. The van der Waals surface area contributed by atoms with E-state index in [4.69, 9.17) is 4.42 Å². The first-order chi connectivity index (χ1) is 14.6. The number of para-hydroxylation sites is 1. The van der Waals surface area contributed by atoms with E-state index < -0.39 is 11.5 Å². The predicted molar refractivity (Wildman–Crippen MR) is 111 cm³/mol. The van der Waals surface area contributed by atoms with Crippen LogP contribution in [-0.4, -0.2) is 27.4 Å². The first kappa shape index (κ1) is 18.1. The molecule has 5 rings (SSSR count). The van der Waals surface area contributed by atoms with Crippen molar-refractivity contribution in [2.75, 3.05) is 5.32 Å². The summed E-state index contributed by atoms with van der Waals surface area (Å²) in [5, 5.41) is 6.38. The van der Waals surface area contributed by atoms with Crippen LogP contribution in [-0.2, 0) is 11.3 Å². The number of hydrogen-bond donors (Lipinski definition) is 2. The molecule has 0 bridgehead atoms. The minimum Gasteiger partial charge on any atom is -0.448 e. The van der Waals surface area contributed by atoms with Crippen molar-refractivity contribution in [2.45, 2.75) is 25.4 Å². The van der Waals surface area contributed by atoms with Crippen molar-refractivity contribution in [1.82, 2.24) is 14.9 Å². The van der Waals surface area contributed by atoms with Gasteiger partial charge in [-0.1, -0.05) is 18.2 Å². The van der Waals surface area contributed by atoms with Gasteiger partial charge in [0.15, 0.2) is 0 Å². The highest BCUT2D eigenvalue weighted by atomic mass is 16.3. The normalized spacial score (nSPS) is 13.5. The number of anilines is 1. The molecular weight excluding hydrogens is 384 g/mol. The maximum absolute atomic E-state index is 12.7. The van der Waals surface area contributed by atoms with E-state index in [1.165, 1.54) is 10.9 Å². The van der Waals surface area contributed by atoms with Crippen molar-refractivity contribution in [1.29, 1.82) is 0 Å². The molecule has 2 aromatic heterocycles. The van der Waals surface area contributed by atoms with Gasteiger partial charge in [0.05, 0.1) is 6.33 Å². The summed E-state index contributed by atoms with van der Waals surface area (Å²) >= 11 is 0. The number of hydrogen-bond acceptors (Lipinski definition) is 5. The van der Waals surface area contributed by atoms with E-state index >= 15 is 0 Å². The molecule has 0 atom stereocenters. The van der Waals surface area contributed by atoms with Gasteiger partial charge in [0.1, 0.15) is 17.6 Å². The third-order valence-corrected chi connectivity index (χ3v) is 4.99. The molecule has 8 heteroatoms. The maximum Gasteiger partial charge on any atom is 0.297 e.